The maximum Gasteiger partial charge on any atom is 0.0702 e. The van der Waals surface area contributed by atoms with E-state index in [1.165, 1.54) is 25.8 Å². The predicted octanol–water partition coefficient (Wildman–Crippen LogP) is 1.50. The molecule has 4 heteroatoms. The molecule has 112 valence electrons. The fraction of sp³-hybridized carbons (Fsp3) is 1.00. The molecule has 0 aromatic rings. The fourth-order valence-corrected chi connectivity index (χ4v) is 3.22. The van der Waals surface area contributed by atoms with Gasteiger partial charge < -0.3 is 19.7 Å². The van der Waals surface area contributed by atoms with Crippen molar-refractivity contribution in [2.75, 3.05) is 46.0 Å². The Kier molecular flexibility index (Phi) is 6.57. The molecule has 19 heavy (non-hydrogen) atoms. The summed E-state index contributed by atoms with van der Waals surface area (Å²) < 4.78 is 11.4. The van der Waals surface area contributed by atoms with E-state index in [0.29, 0.717) is 18.1 Å². The van der Waals surface area contributed by atoms with Gasteiger partial charge in [-0.3, -0.25) is 0 Å². The van der Waals surface area contributed by atoms with E-state index >= 15 is 0 Å². The van der Waals surface area contributed by atoms with Gasteiger partial charge in [0.05, 0.1) is 19.3 Å². The smallest absolute Gasteiger partial charge is 0.0702 e. The Morgan fingerprint density at radius 2 is 2.21 bits per heavy atom. The van der Waals surface area contributed by atoms with E-state index < -0.39 is 0 Å². The lowest BCUT2D eigenvalue weighted by Crippen LogP contribution is -2.46. The van der Waals surface area contributed by atoms with Crippen LogP contribution in [0, 0.1) is 5.92 Å². The van der Waals surface area contributed by atoms with Crippen LogP contribution < -0.4 is 5.32 Å². The molecule has 3 atom stereocenters. The fourth-order valence-electron chi connectivity index (χ4n) is 3.22. The first-order chi connectivity index (χ1) is 9.33. The van der Waals surface area contributed by atoms with Gasteiger partial charge >= 0.3 is 0 Å². The molecule has 0 aliphatic carbocycles. The summed E-state index contributed by atoms with van der Waals surface area (Å²) in [5.74, 6) is 0.645. The van der Waals surface area contributed by atoms with Gasteiger partial charge in [0, 0.05) is 31.7 Å². The number of ether oxygens (including phenoxy) is 2. The summed E-state index contributed by atoms with van der Waals surface area (Å²) in [4.78, 5) is 2.57. The van der Waals surface area contributed by atoms with Crippen LogP contribution in [0.4, 0.5) is 0 Å². The van der Waals surface area contributed by atoms with Crippen molar-refractivity contribution in [1.29, 1.82) is 0 Å². The zero-order valence-electron chi connectivity index (χ0n) is 12.6. The number of nitrogens with one attached hydrogen (secondary N) is 1. The summed E-state index contributed by atoms with van der Waals surface area (Å²) >= 11 is 0. The van der Waals surface area contributed by atoms with Crippen LogP contribution in [0.3, 0.4) is 0 Å². The Bertz CT molecular complexity index is 248. The topological polar surface area (TPSA) is 33.7 Å². The van der Waals surface area contributed by atoms with Gasteiger partial charge in [0.2, 0.25) is 0 Å². The zero-order valence-corrected chi connectivity index (χ0v) is 12.6. The van der Waals surface area contributed by atoms with Crippen LogP contribution in [0.1, 0.15) is 33.1 Å². The Hall–Kier alpha value is -0.160. The summed E-state index contributed by atoms with van der Waals surface area (Å²) in [7, 11) is 0. The number of hydrogen-bond acceptors (Lipinski definition) is 4. The third kappa shape index (κ3) is 4.71. The molecule has 0 bridgehead atoms. The predicted molar refractivity (Wildman–Crippen MR) is 77.5 cm³/mol. The lowest BCUT2D eigenvalue weighted by molar-refractivity contribution is 0.000727. The first-order valence-corrected chi connectivity index (χ1v) is 7.98. The molecule has 2 heterocycles. The summed E-state index contributed by atoms with van der Waals surface area (Å²) in [6.07, 6.45) is 4.14. The van der Waals surface area contributed by atoms with E-state index in [2.05, 4.69) is 24.1 Å². The van der Waals surface area contributed by atoms with E-state index in [1.807, 2.05) is 0 Å². The van der Waals surface area contributed by atoms with Gasteiger partial charge in [0.25, 0.3) is 0 Å². The molecular formula is C15H30N2O2. The van der Waals surface area contributed by atoms with Crippen molar-refractivity contribution in [2.45, 2.75) is 45.3 Å². The molecule has 0 saturated carbocycles. The Morgan fingerprint density at radius 1 is 1.32 bits per heavy atom. The van der Waals surface area contributed by atoms with Crippen LogP contribution in [-0.4, -0.2) is 63.0 Å². The minimum absolute atomic E-state index is 0.447. The van der Waals surface area contributed by atoms with Gasteiger partial charge in [-0.05, 0) is 39.3 Å². The van der Waals surface area contributed by atoms with Gasteiger partial charge in [-0.1, -0.05) is 6.92 Å². The van der Waals surface area contributed by atoms with Crippen LogP contribution in [0.2, 0.25) is 0 Å². The van der Waals surface area contributed by atoms with Gasteiger partial charge in [-0.2, -0.15) is 0 Å². The third-order valence-corrected chi connectivity index (χ3v) is 4.21. The number of nitrogens with zero attached hydrogens (tertiary/aromatic N) is 1. The Labute approximate surface area is 117 Å². The molecule has 2 fully saturated rings. The second-order valence-corrected chi connectivity index (χ2v) is 5.84. The normalized spacial score (nSPS) is 32.8. The van der Waals surface area contributed by atoms with Crippen molar-refractivity contribution in [1.82, 2.24) is 10.2 Å². The van der Waals surface area contributed by atoms with Gasteiger partial charge in [-0.15, -0.1) is 0 Å². The largest absolute Gasteiger partial charge is 0.379 e. The summed E-state index contributed by atoms with van der Waals surface area (Å²) in [6, 6.07) is 0.549. The average Bonchev–Trinajstić information content (AvgIpc) is 2.84. The van der Waals surface area contributed by atoms with Crippen molar-refractivity contribution in [3.63, 3.8) is 0 Å². The molecular weight excluding hydrogens is 240 g/mol. The standard InChI is InChI=1S/C15H30N2O2/c1-3-7-16-15-12-18-11-13(15)9-17-8-5-6-14(10-17)19-4-2/h13-16H,3-12H2,1-2H3. The van der Waals surface area contributed by atoms with E-state index in [9.17, 15) is 0 Å². The zero-order chi connectivity index (χ0) is 13.5. The van der Waals surface area contributed by atoms with Crippen LogP contribution in [0.25, 0.3) is 0 Å². The molecule has 4 nitrogen and oxygen atoms in total. The molecule has 3 unspecified atom stereocenters. The van der Waals surface area contributed by atoms with Crippen LogP contribution in [0.5, 0.6) is 0 Å². The van der Waals surface area contributed by atoms with E-state index in [4.69, 9.17) is 9.47 Å². The van der Waals surface area contributed by atoms with E-state index in [0.717, 1.165) is 39.5 Å². The van der Waals surface area contributed by atoms with Crippen molar-refractivity contribution in [3.05, 3.63) is 0 Å². The highest BCUT2D eigenvalue weighted by Crippen LogP contribution is 2.19. The molecule has 0 radical (unpaired) electrons. The first-order valence-electron chi connectivity index (χ1n) is 7.98. The highest BCUT2D eigenvalue weighted by Gasteiger charge is 2.31. The monoisotopic (exact) mass is 270 g/mol. The highest BCUT2D eigenvalue weighted by atomic mass is 16.5. The summed E-state index contributed by atoms with van der Waals surface area (Å²) in [5.41, 5.74) is 0. The molecule has 2 saturated heterocycles. The number of likely N-dealkylation sites (tertiary alicyclic amines) is 1. The molecule has 2 aliphatic rings. The minimum atomic E-state index is 0.447. The molecule has 0 spiro atoms. The Morgan fingerprint density at radius 3 is 3.00 bits per heavy atom. The first kappa shape index (κ1) is 15.2. The van der Waals surface area contributed by atoms with Gasteiger partial charge in [0.1, 0.15) is 0 Å². The summed E-state index contributed by atoms with van der Waals surface area (Å²) in [5, 5.41) is 3.62. The van der Waals surface area contributed by atoms with E-state index in [1.54, 1.807) is 0 Å². The van der Waals surface area contributed by atoms with Gasteiger partial charge in [0.15, 0.2) is 0 Å². The lowest BCUT2D eigenvalue weighted by Gasteiger charge is -2.35. The van der Waals surface area contributed by atoms with Crippen molar-refractivity contribution in [2.24, 2.45) is 5.92 Å². The third-order valence-electron chi connectivity index (χ3n) is 4.21. The average molecular weight is 270 g/mol. The number of hydrogen-bond donors (Lipinski definition) is 1. The molecule has 0 aromatic heterocycles. The summed E-state index contributed by atoms with van der Waals surface area (Å²) in [6.45, 7) is 11.5. The second kappa shape index (κ2) is 8.20. The number of piperidine rings is 1. The van der Waals surface area contributed by atoms with Crippen molar-refractivity contribution >= 4 is 0 Å². The molecule has 1 N–H and O–H groups in total. The maximum absolute atomic E-state index is 5.78. The van der Waals surface area contributed by atoms with E-state index in [-0.39, 0.29) is 0 Å². The van der Waals surface area contributed by atoms with Crippen molar-refractivity contribution < 1.29 is 9.47 Å². The molecule has 0 aromatic carbocycles. The lowest BCUT2D eigenvalue weighted by atomic mass is 10.0. The minimum Gasteiger partial charge on any atom is -0.379 e. The SMILES string of the molecule is CCCNC1COCC1CN1CCCC(OCC)C1. The highest BCUT2D eigenvalue weighted by molar-refractivity contribution is 4.85. The molecule has 0 amide bonds. The number of rotatable bonds is 7. The van der Waals surface area contributed by atoms with Crippen LogP contribution in [-0.2, 0) is 9.47 Å². The van der Waals surface area contributed by atoms with Gasteiger partial charge in [-0.25, -0.2) is 0 Å². The van der Waals surface area contributed by atoms with Crippen molar-refractivity contribution in [3.8, 4) is 0 Å². The van der Waals surface area contributed by atoms with Crippen LogP contribution >= 0.6 is 0 Å². The molecule has 2 aliphatic heterocycles. The Balaban J connectivity index is 1.75. The maximum atomic E-state index is 5.78. The van der Waals surface area contributed by atoms with Crippen LogP contribution in [0.15, 0.2) is 0 Å². The quantitative estimate of drug-likeness (QED) is 0.760. The second-order valence-electron chi connectivity index (χ2n) is 5.84. The molecule has 2 rings (SSSR count).